The highest BCUT2D eigenvalue weighted by Gasteiger charge is 2.07. The van der Waals surface area contributed by atoms with Crippen molar-refractivity contribution < 1.29 is 9.90 Å². The maximum atomic E-state index is 10.8. The quantitative estimate of drug-likeness (QED) is 0.853. The van der Waals surface area contributed by atoms with E-state index in [1.807, 2.05) is 36.6 Å². The van der Waals surface area contributed by atoms with Gasteiger partial charge in [0.1, 0.15) is 4.34 Å². The number of carboxylic acids is 1. The van der Waals surface area contributed by atoms with Crippen molar-refractivity contribution in [1.82, 2.24) is 4.98 Å². The third-order valence-electron chi connectivity index (χ3n) is 2.41. The van der Waals surface area contributed by atoms with Crippen LogP contribution in [0.2, 0.25) is 0 Å². The number of thioether (sulfide) groups is 1. The van der Waals surface area contributed by atoms with Crippen LogP contribution in [0.4, 0.5) is 0 Å². The summed E-state index contributed by atoms with van der Waals surface area (Å²) in [7, 11) is 0. The molecule has 5 heteroatoms. The Hall–Kier alpha value is -1.33. The topological polar surface area (TPSA) is 50.2 Å². The minimum atomic E-state index is -0.794. The number of aromatic nitrogens is 1. The molecule has 3 nitrogen and oxygen atoms in total. The van der Waals surface area contributed by atoms with Crippen molar-refractivity contribution in [3.63, 3.8) is 0 Å². The van der Waals surface area contributed by atoms with E-state index in [1.165, 1.54) is 0 Å². The van der Waals surface area contributed by atoms with Gasteiger partial charge in [-0.2, -0.15) is 0 Å². The van der Waals surface area contributed by atoms with Crippen LogP contribution in [0.5, 0.6) is 0 Å². The zero-order chi connectivity index (χ0) is 13.0. The average molecular weight is 279 g/mol. The van der Waals surface area contributed by atoms with Crippen molar-refractivity contribution in [2.24, 2.45) is 0 Å². The molecule has 0 aliphatic carbocycles. The fourth-order valence-corrected chi connectivity index (χ4v) is 3.46. The number of hydrogen-bond donors (Lipinski definition) is 1. The maximum absolute atomic E-state index is 10.8. The number of nitrogens with zero attached hydrogens (tertiary/aromatic N) is 1. The molecule has 1 heterocycles. The van der Waals surface area contributed by atoms with E-state index < -0.39 is 5.97 Å². The number of carboxylic acid groups (broad SMARTS) is 1. The summed E-state index contributed by atoms with van der Waals surface area (Å²) < 4.78 is 1.03. The van der Waals surface area contributed by atoms with Crippen molar-refractivity contribution >= 4 is 29.1 Å². The van der Waals surface area contributed by atoms with Gasteiger partial charge >= 0.3 is 5.97 Å². The second kappa shape index (κ2) is 6.02. The third-order valence-corrected chi connectivity index (χ3v) is 4.60. The van der Waals surface area contributed by atoms with Gasteiger partial charge < -0.3 is 5.11 Å². The molecule has 0 aliphatic rings. The van der Waals surface area contributed by atoms with E-state index in [2.05, 4.69) is 4.98 Å². The molecule has 0 fully saturated rings. The van der Waals surface area contributed by atoms with Gasteiger partial charge in [0.05, 0.1) is 6.42 Å². The summed E-state index contributed by atoms with van der Waals surface area (Å²) in [6.07, 6.45) is 0.0770. The summed E-state index contributed by atoms with van der Waals surface area (Å²) >= 11 is 3.27. The SMILES string of the molecule is Cc1csc(SCc2ccccc2CC(=O)O)n1. The molecule has 1 aromatic heterocycles. The molecule has 0 aliphatic heterocycles. The van der Waals surface area contributed by atoms with Crippen molar-refractivity contribution in [1.29, 1.82) is 0 Å². The van der Waals surface area contributed by atoms with Crippen molar-refractivity contribution in [3.05, 3.63) is 46.5 Å². The molecule has 0 saturated heterocycles. The predicted octanol–water partition coefficient (Wildman–Crippen LogP) is 3.37. The Labute approximate surface area is 114 Å². The minimum Gasteiger partial charge on any atom is -0.481 e. The van der Waals surface area contributed by atoms with Crippen molar-refractivity contribution in [3.8, 4) is 0 Å². The summed E-state index contributed by atoms with van der Waals surface area (Å²) in [5, 5.41) is 10.9. The maximum Gasteiger partial charge on any atom is 0.307 e. The second-order valence-corrected chi connectivity index (χ2v) is 5.96. The second-order valence-electron chi connectivity index (χ2n) is 3.88. The molecule has 18 heavy (non-hydrogen) atoms. The van der Waals surface area contributed by atoms with Gasteiger partial charge in [0.2, 0.25) is 0 Å². The molecule has 0 radical (unpaired) electrons. The van der Waals surface area contributed by atoms with Gasteiger partial charge in [0.25, 0.3) is 0 Å². The molecule has 0 amide bonds. The Kier molecular flexibility index (Phi) is 4.38. The summed E-state index contributed by atoms with van der Waals surface area (Å²) in [6.45, 7) is 1.97. The molecule has 0 bridgehead atoms. The zero-order valence-corrected chi connectivity index (χ0v) is 11.6. The van der Waals surface area contributed by atoms with Crippen LogP contribution < -0.4 is 0 Å². The van der Waals surface area contributed by atoms with Gasteiger partial charge in [-0.15, -0.1) is 11.3 Å². The summed E-state index contributed by atoms with van der Waals surface area (Å²) in [6, 6.07) is 7.66. The number of aryl methyl sites for hydroxylation is 1. The molecule has 0 atom stereocenters. The van der Waals surface area contributed by atoms with Gasteiger partial charge in [0.15, 0.2) is 0 Å². The molecule has 2 aromatic rings. The van der Waals surface area contributed by atoms with E-state index in [1.54, 1.807) is 23.1 Å². The summed E-state index contributed by atoms with van der Waals surface area (Å²) in [5.41, 5.74) is 2.98. The predicted molar refractivity (Wildman–Crippen MR) is 74.2 cm³/mol. The summed E-state index contributed by atoms with van der Waals surface area (Å²) in [5.74, 6) is -0.0336. The lowest BCUT2D eigenvalue weighted by molar-refractivity contribution is -0.136. The first kappa shape index (κ1) is 13.1. The molecule has 0 unspecified atom stereocenters. The van der Waals surface area contributed by atoms with Crippen LogP contribution in [0.3, 0.4) is 0 Å². The Morgan fingerprint density at radius 3 is 2.72 bits per heavy atom. The van der Waals surface area contributed by atoms with Crippen LogP contribution >= 0.6 is 23.1 Å². The Bertz CT molecular complexity index is 551. The number of carbonyl (C=O) groups is 1. The molecular weight excluding hydrogens is 266 g/mol. The highest BCUT2D eigenvalue weighted by Crippen LogP contribution is 2.27. The fraction of sp³-hybridized carbons (Fsp3) is 0.231. The first-order chi connectivity index (χ1) is 8.65. The molecular formula is C13H13NO2S2. The van der Waals surface area contributed by atoms with E-state index >= 15 is 0 Å². The van der Waals surface area contributed by atoms with Crippen LogP contribution in [0.15, 0.2) is 34.0 Å². The van der Waals surface area contributed by atoms with E-state index in [9.17, 15) is 4.79 Å². The zero-order valence-electron chi connectivity index (χ0n) is 9.92. The first-order valence-electron chi connectivity index (χ1n) is 5.48. The smallest absolute Gasteiger partial charge is 0.307 e. The molecule has 1 aromatic carbocycles. The Balaban J connectivity index is 2.06. The largest absolute Gasteiger partial charge is 0.481 e. The average Bonchev–Trinajstić information content (AvgIpc) is 2.73. The van der Waals surface area contributed by atoms with Crippen LogP contribution in [-0.2, 0) is 17.0 Å². The molecule has 2 rings (SSSR count). The molecule has 0 saturated carbocycles. The molecule has 1 N–H and O–H groups in total. The van der Waals surface area contributed by atoms with Crippen LogP contribution in [-0.4, -0.2) is 16.1 Å². The van der Waals surface area contributed by atoms with Crippen molar-refractivity contribution in [2.75, 3.05) is 0 Å². The first-order valence-corrected chi connectivity index (χ1v) is 7.35. The number of rotatable bonds is 5. The highest BCUT2D eigenvalue weighted by molar-refractivity contribution is 8.00. The molecule has 0 spiro atoms. The standard InChI is InChI=1S/C13H13NO2S2/c1-9-7-17-13(14-9)18-8-11-5-3-2-4-10(11)6-12(15)16/h2-5,7H,6,8H2,1H3,(H,15,16). The fourth-order valence-electron chi connectivity index (χ4n) is 1.57. The molecule has 94 valence electrons. The minimum absolute atomic E-state index is 0.0770. The van der Waals surface area contributed by atoms with Gasteiger partial charge in [0, 0.05) is 16.8 Å². The van der Waals surface area contributed by atoms with Crippen LogP contribution in [0.1, 0.15) is 16.8 Å². The summed E-state index contributed by atoms with van der Waals surface area (Å²) in [4.78, 5) is 15.2. The van der Waals surface area contributed by atoms with Gasteiger partial charge in [-0.3, -0.25) is 4.79 Å². The highest BCUT2D eigenvalue weighted by atomic mass is 32.2. The lowest BCUT2D eigenvalue weighted by Crippen LogP contribution is -2.02. The number of hydrogen-bond acceptors (Lipinski definition) is 4. The van der Waals surface area contributed by atoms with Gasteiger partial charge in [-0.25, -0.2) is 4.98 Å². The lowest BCUT2D eigenvalue weighted by atomic mass is 10.1. The van der Waals surface area contributed by atoms with Gasteiger partial charge in [-0.05, 0) is 18.1 Å². The Morgan fingerprint density at radius 2 is 2.11 bits per heavy atom. The lowest BCUT2D eigenvalue weighted by Gasteiger charge is -2.05. The Morgan fingerprint density at radius 1 is 1.39 bits per heavy atom. The van der Waals surface area contributed by atoms with Crippen molar-refractivity contribution in [2.45, 2.75) is 23.4 Å². The monoisotopic (exact) mass is 279 g/mol. The van der Waals surface area contributed by atoms with Crippen LogP contribution in [0, 0.1) is 6.92 Å². The normalized spacial score (nSPS) is 10.5. The van der Waals surface area contributed by atoms with E-state index in [0.717, 1.165) is 26.9 Å². The third kappa shape index (κ3) is 3.58. The van der Waals surface area contributed by atoms with E-state index in [0.29, 0.717) is 0 Å². The van der Waals surface area contributed by atoms with E-state index in [-0.39, 0.29) is 6.42 Å². The van der Waals surface area contributed by atoms with E-state index in [4.69, 9.17) is 5.11 Å². The number of thiazole rings is 1. The number of aliphatic carboxylic acids is 1. The van der Waals surface area contributed by atoms with Gasteiger partial charge in [-0.1, -0.05) is 36.0 Å². The van der Waals surface area contributed by atoms with Crippen LogP contribution in [0.25, 0.3) is 0 Å². The number of benzene rings is 1.